The summed E-state index contributed by atoms with van der Waals surface area (Å²) in [5.74, 6) is -0.504. The molecule has 1 aromatic rings. The molecule has 0 atom stereocenters. The summed E-state index contributed by atoms with van der Waals surface area (Å²) in [7, 11) is -3.67. The standard InChI is InChI=1S/C17H23Cl2N3O3S/c1-26(24,25)22(14-9-10-15(18)16(19)11-14)12-17(23)21-20-13-7-5-3-2-4-6-8-13/h9-11H,2-8,12H2,1H3,(H,21,23). The number of anilines is 1. The van der Waals surface area contributed by atoms with E-state index in [0.29, 0.717) is 5.02 Å². The molecule has 0 radical (unpaired) electrons. The topological polar surface area (TPSA) is 78.8 Å². The first-order chi connectivity index (χ1) is 12.3. The number of hydrogen-bond donors (Lipinski definition) is 1. The molecule has 26 heavy (non-hydrogen) atoms. The van der Waals surface area contributed by atoms with Gasteiger partial charge in [-0.25, -0.2) is 13.8 Å². The second-order valence-corrected chi connectivity index (χ2v) is 9.07. The largest absolute Gasteiger partial charge is 0.271 e. The van der Waals surface area contributed by atoms with Gasteiger partial charge in [0.05, 0.1) is 22.0 Å². The van der Waals surface area contributed by atoms with Crippen molar-refractivity contribution in [2.45, 2.75) is 44.9 Å². The fourth-order valence-corrected chi connectivity index (χ4v) is 3.91. The van der Waals surface area contributed by atoms with Crippen molar-refractivity contribution >= 4 is 50.5 Å². The van der Waals surface area contributed by atoms with Gasteiger partial charge in [0.25, 0.3) is 5.91 Å². The molecular formula is C17H23Cl2N3O3S. The van der Waals surface area contributed by atoms with Crippen LogP contribution in [0.1, 0.15) is 44.9 Å². The Morgan fingerprint density at radius 1 is 1.12 bits per heavy atom. The zero-order valence-electron chi connectivity index (χ0n) is 14.7. The predicted molar refractivity (Wildman–Crippen MR) is 107 cm³/mol. The van der Waals surface area contributed by atoms with Gasteiger partial charge in [0.1, 0.15) is 6.54 Å². The number of sulfonamides is 1. The molecule has 2 rings (SSSR count). The number of nitrogens with zero attached hydrogens (tertiary/aromatic N) is 2. The van der Waals surface area contributed by atoms with E-state index in [9.17, 15) is 13.2 Å². The summed E-state index contributed by atoms with van der Waals surface area (Å²) in [6.45, 7) is -0.381. The minimum Gasteiger partial charge on any atom is -0.271 e. The Hall–Kier alpha value is -1.31. The Balaban J connectivity index is 2.08. The Bertz CT molecular complexity index is 771. The average Bonchev–Trinajstić information content (AvgIpc) is 2.53. The first-order valence-electron chi connectivity index (χ1n) is 8.54. The summed E-state index contributed by atoms with van der Waals surface area (Å²) in [6.07, 6.45) is 8.47. The van der Waals surface area contributed by atoms with Crippen LogP contribution in [0.3, 0.4) is 0 Å². The highest BCUT2D eigenvalue weighted by atomic mass is 35.5. The highest BCUT2D eigenvalue weighted by molar-refractivity contribution is 7.92. The number of carbonyl (C=O) groups is 1. The molecule has 0 saturated heterocycles. The van der Waals surface area contributed by atoms with Gasteiger partial charge >= 0.3 is 0 Å². The predicted octanol–water partition coefficient (Wildman–Crippen LogP) is 3.98. The molecule has 0 unspecified atom stereocenters. The van der Waals surface area contributed by atoms with Crippen molar-refractivity contribution in [2.24, 2.45) is 5.10 Å². The van der Waals surface area contributed by atoms with Crippen LogP contribution < -0.4 is 9.73 Å². The molecule has 144 valence electrons. The number of carbonyl (C=O) groups excluding carboxylic acids is 1. The van der Waals surface area contributed by atoms with Crippen molar-refractivity contribution in [2.75, 3.05) is 17.1 Å². The molecular weight excluding hydrogens is 397 g/mol. The molecule has 0 aromatic heterocycles. The second kappa shape index (κ2) is 9.58. The van der Waals surface area contributed by atoms with E-state index in [0.717, 1.165) is 42.0 Å². The molecule has 0 aliphatic heterocycles. The van der Waals surface area contributed by atoms with Crippen LogP contribution in [0.2, 0.25) is 10.0 Å². The van der Waals surface area contributed by atoms with Gasteiger partial charge in [-0.1, -0.05) is 42.5 Å². The Kier molecular flexibility index (Phi) is 7.73. The third-order valence-corrected chi connectivity index (χ3v) is 6.03. The van der Waals surface area contributed by atoms with Crippen molar-refractivity contribution in [1.82, 2.24) is 5.43 Å². The number of amides is 1. The zero-order valence-corrected chi connectivity index (χ0v) is 17.0. The van der Waals surface area contributed by atoms with E-state index in [4.69, 9.17) is 23.2 Å². The Morgan fingerprint density at radius 3 is 2.31 bits per heavy atom. The summed E-state index contributed by atoms with van der Waals surface area (Å²) in [5.41, 5.74) is 3.71. The van der Waals surface area contributed by atoms with Gasteiger partial charge in [0, 0.05) is 5.71 Å². The van der Waals surface area contributed by atoms with Crippen LogP contribution in [0, 0.1) is 0 Å². The molecule has 9 heteroatoms. The molecule has 1 amide bonds. The molecule has 1 N–H and O–H groups in total. The second-order valence-electron chi connectivity index (χ2n) is 6.35. The summed E-state index contributed by atoms with van der Waals surface area (Å²) in [5, 5.41) is 4.72. The molecule has 1 saturated carbocycles. The lowest BCUT2D eigenvalue weighted by molar-refractivity contribution is -0.119. The number of hydrogen-bond acceptors (Lipinski definition) is 4. The SMILES string of the molecule is CS(=O)(=O)N(CC(=O)NN=C1CCCCCCC1)c1ccc(Cl)c(Cl)c1. The van der Waals surface area contributed by atoms with E-state index in [1.165, 1.54) is 37.5 Å². The quantitative estimate of drug-likeness (QED) is 0.732. The summed E-state index contributed by atoms with van der Waals surface area (Å²) >= 11 is 11.8. The van der Waals surface area contributed by atoms with E-state index in [2.05, 4.69) is 10.5 Å². The van der Waals surface area contributed by atoms with Gasteiger partial charge in [0.2, 0.25) is 10.0 Å². The van der Waals surface area contributed by atoms with Crippen molar-refractivity contribution in [3.05, 3.63) is 28.2 Å². The molecule has 1 aliphatic carbocycles. The van der Waals surface area contributed by atoms with Crippen molar-refractivity contribution in [3.63, 3.8) is 0 Å². The van der Waals surface area contributed by atoms with E-state index in [1.54, 1.807) is 0 Å². The van der Waals surface area contributed by atoms with E-state index in [1.807, 2.05) is 0 Å². The smallest absolute Gasteiger partial charge is 0.260 e. The minimum absolute atomic E-state index is 0.216. The third kappa shape index (κ3) is 6.45. The lowest BCUT2D eigenvalue weighted by Gasteiger charge is -2.22. The maximum Gasteiger partial charge on any atom is 0.260 e. The number of rotatable bonds is 5. The summed E-state index contributed by atoms with van der Waals surface area (Å²) < 4.78 is 25.1. The number of benzene rings is 1. The molecule has 1 aliphatic rings. The molecule has 1 aromatic carbocycles. The lowest BCUT2D eigenvalue weighted by atomic mass is 9.99. The highest BCUT2D eigenvalue weighted by Gasteiger charge is 2.21. The van der Waals surface area contributed by atoms with Crippen molar-refractivity contribution in [3.8, 4) is 0 Å². The van der Waals surface area contributed by atoms with Gasteiger partial charge in [-0.15, -0.1) is 0 Å². The van der Waals surface area contributed by atoms with Crippen LogP contribution in [-0.2, 0) is 14.8 Å². The average molecular weight is 420 g/mol. The van der Waals surface area contributed by atoms with Gasteiger partial charge in [0.15, 0.2) is 0 Å². The number of halogens is 2. The van der Waals surface area contributed by atoms with E-state index < -0.39 is 15.9 Å². The third-order valence-electron chi connectivity index (χ3n) is 4.15. The molecule has 6 nitrogen and oxygen atoms in total. The Labute approximate surface area is 164 Å². The van der Waals surface area contributed by atoms with Crippen LogP contribution in [0.15, 0.2) is 23.3 Å². The first-order valence-corrected chi connectivity index (χ1v) is 11.1. The highest BCUT2D eigenvalue weighted by Crippen LogP contribution is 2.28. The van der Waals surface area contributed by atoms with Crippen molar-refractivity contribution < 1.29 is 13.2 Å². The van der Waals surface area contributed by atoms with Gasteiger partial charge in [-0.05, 0) is 43.9 Å². The first kappa shape index (κ1) is 21.0. The van der Waals surface area contributed by atoms with Gasteiger partial charge < -0.3 is 0 Å². The van der Waals surface area contributed by atoms with Crippen molar-refractivity contribution in [1.29, 1.82) is 0 Å². The lowest BCUT2D eigenvalue weighted by Crippen LogP contribution is -2.39. The van der Waals surface area contributed by atoms with Crippen LogP contribution in [-0.4, -0.2) is 32.8 Å². The summed E-state index contributed by atoms with van der Waals surface area (Å²) in [6, 6.07) is 4.41. The maximum atomic E-state index is 12.2. The minimum atomic E-state index is -3.67. The Morgan fingerprint density at radius 2 is 1.73 bits per heavy atom. The summed E-state index contributed by atoms with van der Waals surface area (Å²) in [4.78, 5) is 12.2. The molecule has 0 bridgehead atoms. The fraction of sp³-hybridized carbons (Fsp3) is 0.529. The van der Waals surface area contributed by atoms with E-state index >= 15 is 0 Å². The molecule has 0 spiro atoms. The van der Waals surface area contributed by atoms with Crippen LogP contribution in [0.4, 0.5) is 5.69 Å². The molecule has 1 fully saturated rings. The maximum absolute atomic E-state index is 12.2. The van der Waals surface area contributed by atoms with E-state index in [-0.39, 0.29) is 17.3 Å². The van der Waals surface area contributed by atoms with Crippen LogP contribution in [0.25, 0.3) is 0 Å². The van der Waals surface area contributed by atoms with Gasteiger partial charge in [-0.2, -0.15) is 5.10 Å². The van der Waals surface area contributed by atoms with Gasteiger partial charge in [-0.3, -0.25) is 9.10 Å². The fourth-order valence-electron chi connectivity index (χ4n) is 2.77. The molecule has 0 heterocycles. The number of hydrazone groups is 1. The normalized spacial score (nSPS) is 15.7. The monoisotopic (exact) mass is 419 g/mol. The number of nitrogens with one attached hydrogen (secondary N) is 1. The van der Waals surface area contributed by atoms with Crippen LogP contribution >= 0.6 is 23.2 Å². The van der Waals surface area contributed by atoms with Crippen LogP contribution in [0.5, 0.6) is 0 Å². The zero-order chi connectivity index (χ0) is 19.2.